The van der Waals surface area contributed by atoms with E-state index in [2.05, 4.69) is 15.5 Å². The first kappa shape index (κ1) is 26.2. The molecule has 0 atom stereocenters. The second-order valence-corrected chi connectivity index (χ2v) is 10.8. The van der Waals surface area contributed by atoms with Crippen molar-refractivity contribution in [2.45, 2.75) is 37.6 Å². The monoisotopic (exact) mass is 522 g/mol. The van der Waals surface area contributed by atoms with Gasteiger partial charge in [-0.1, -0.05) is 61.5 Å². The van der Waals surface area contributed by atoms with Crippen LogP contribution in [0.1, 0.15) is 42.6 Å². The minimum Gasteiger partial charge on any atom is -0.339 e. The average Bonchev–Trinajstić information content (AvgIpc) is 3.35. The number of carbonyl (C=O) groups is 1. The summed E-state index contributed by atoms with van der Waals surface area (Å²) in [4.78, 5) is 17.3. The zero-order chi connectivity index (χ0) is 26.4. The van der Waals surface area contributed by atoms with E-state index in [1.807, 2.05) is 26.0 Å². The molecule has 1 N–H and O–H groups in total. The molecule has 4 aromatic rings. The van der Waals surface area contributed by atoms with E-state index >= 15 is 0 Å². The van der Waals surface area contributed by atoms with Crippen LogP contribution in [0.3, 0.4) is 0 Å². The summed E-state index contributed by atoms with van der Waals surface area (Å²) in [5.74, 6) is 0.362. The smallest absolute Gasteiger partial charge is 0.243 e. The second-order valence-electron chi connectivity index (χ2n) is 8.84. The van der Waals surface area contributed by atoms with Gasteiger partial charge in [0.15, 0.2) is 5.82 Å². The Morgan fingerprint density at radius 3 is 2.24 bits per heavy atom. The van der Waals surface area contributed by atoms with E-state index < -0.39 is 28.3 Å². The van der Waals surface area contributed by atoms with Gasteiger partial charge < -0.3 is 9.84 Å². The number of nitrogens with zero attached hydrogens (tertiary/aromatic N) is 3. The Morgan fingerprint density at radius 1 is 0.973 bits per heavy atom. The van der Waals surface area contributed by atoms with E-state index in [1.165, 1.54) is 36.4 Å². The molecular formula is C27H27FN4O4S. The van der Waals surface area contributed by atoms with Crippen molar-refractivity contribution in [1.82, 2.24) is 14.4 Å². The highest BCUT2D eigenvalue weighted by Crippen LogP contribution is 2.20. The van der Waals surface area contributed by atoms with E-state index in [-0.39, 0.29) is 17.4 Å². The molecule has 0 saturated carbocycles. The summed E-state index contributed by atoms with van der Waals surface area (Å²) in [6.45, 7) is 3.44. The predicted molar refractivity (Wildman–Crippen MR) is 137 cm³/mol. The average molecular weight is 523 g/mol. The first-order chi connectivity index (χ1) is 17.7. The van der Waals surface area contributed by atoms with Gasteiger partial charge in [0.25, 0.3) is 0 Å². The number of hydrogen-bond acceptors (Lipinski definition) is 6. The number of carbonyl (C=O) groups excluding carboxylic acids is 1. The van der Waals surface area contributed by atoms with Crippen LogP contribution in [0.15, 0.2) is 88.3 Å². The summed E-state index contributed by atoms with van der Waals surface area (Å²) in [6.07, 6.45) is 0.477. The number of aromatic nitrogens is 2. The normalized spacial score (nSPS) is 11.7. The Balaban J connectivity index is 1.45. The largest absolute Gasteiger partial charge is 0.339 e. The number of hydrogen-bond donors (Lipinski definition) is 1. The molecule has 1 amide bonds. The zero-order valence-corrected chi connectivity index (χ0v) is 21.3. The third-order valence-corrected chi connectivity index (χ3v) is 7.36. The third-order valence-electron chi connectivity index (χ3n) is 5.55. The highest BCUT2D eigenvalue weighted by molar-refractivity contribution is 7.89. The van der Waals surface area contributed by atoms with Crippen LogP contribution in [0.2, 0.25) is 0 Å². The minimum absolute atomic E-state index is 0.0661. The summed E-state index contributed by atoms with van der Waals surface area (Å²) in [5.41, 5.74) is 2.00. The lowest BCUT2D eigenvalue weighted by atomic mass is 10.1. The number of anilines is 1. The van der Waals surface area contributed by atoms with E-state index in [1.54, 1.807) is 30.3 Å². The SMILES string of the molecule is CC(C)c1nc(Cc2ccc(NC(=O)CN(Cc3ccc(F)cc3)S(=O)(=O)c3ccccc3)cc2)no1. The molecule has 37 heavy (non-hydrogen) atoms. The number of nitrogens with one attached hydrogen (secondary N) is 1. The molecule has 0 aliphatic rings. The van der Waals surface area contributed by atoms with Crippen LogP contribution < -0.4 is 5.32 Å². The van der Waals surface area contributed by atoms with Gasteiger partial charge in [-0.2, -0.15) is 9.29 Å². The Kier molecular flexibility index (Phi) is 8.10. The number of benzene rings is 3. The van der Waals surface area contributed by atoms with Crippen molar-refractivity contribution in [3.63, 3.8) is 0 Å². The molecule has 0 aliphatic carbocycles. The van der Waals surface area contributed by atoms with Gasteiger partial charge in [0.1, 0.15) is 5.82 Å². The van der Waals surface area contributed by atoms with Crippen LogP contribution in [0.25, 0.3) is 0 Å². The Morgan fingerprint density at radius 2 is 1.62 bits per heavy atom. The molecular weight excluding hydrogens is 495 g/mol. The maximum atomic E-state index is 13.4. The summed E-state index contributed by atoms with van der Waals surface area (Å²) in [5, 5.41) is 6.73. The molecule has 1 aromatic heterocycles. The van der Waals surface area contributed by atoms with Gasteiger partial charge in [-0.15, -0.1) is 0 Å². The number of sulfonamides is 1. The molecule has 0 saturated heterocycles. The van der Waals surface area contributed by atoms with Crippen molar-refractivity contribution in [1.29, 1.82) is 0 Å². The zero-order valence-electron chi connectivity index (χ0n) is 20.5. The lowest BCUT2D eigenvalue weighted by molar-refractivity contribution is -0.116. The Hall–Kier alpha value is -3.89. The summed E-state index contributed by atoms with van der Waals surface area (Å²) < 4.78 is 46.3. The van der Waals surface area contributed by atoms with Gasteiger partial charge in [0.2, 0.25) is 21.8 Å². The molecule has 1 heterocycles. The van der Waals surface area contributed by atoms with E-state index in [0.29, 0.717) is 29.4 Å². The lowest BCUT2D eigenvalue weighted by Crippen LogP contribution is -2.37. The molecule has 0 radical (unpaired) electrons. The Labute approximate surface area is 215 Å². The first-order valence-electron chi connectivity index (χ1n) is 11.7. The van der Waals surface area contributed by atoms with Crippen molar-refractivity contribution in [3.8, 4) is 0 Å². The molecule has 0 aliphatic heterocycles. The molecule has 8 nitrogen and oxygen atoms in total. The maximum Gasteiger partial charge on any atom is 0.243 e. The van der Waals surface area contributed by atoms with Crippen LogP contribution in [0.4, 0.5) is 10.1 Å². The van der Waals surface area contributed by atoms with Crippen LogP contribution in [0.5, 0.6) is 0 Å². The molecule has 0 bridgehead atoms. The predicted octanol–water partition coefficient (Wildman–Crippen LogP) is 4.75. The fourth-order valence-corrected chi connectivity index (χ4v) is 4.99. The molecule has 192 valence electrons. The summed E-state index contributed by atoms with van der Waals surface area (Å²) >= 11 is 0. The highest BCUT2D eigenvalue weighted by Gasteiger charge is 2.27. The van der Waals surface area contributed by atoms with Crippen molar-refractivity contribution in [3.05, 3.63) is 108 Å². The van der Waals surface area contributed by atoms with Crippen molar-refractivity contribution in [2.75, 3.05) is 11.9 Å². The maximum absolute atomic E-state index is 13.4. The quantitative estimate of drug-likeness (QED) is 0.322. The lowest BCUT2D eigenvalue weighted by Gasteiger charge is -2.22. The van der Waals surface area contributed by atoms with Crippen LogP contribution in [-0.4, -0.2) is 35.3 Å². The molecule has 10 heteroatoms. The summed E-state index contributed by atoms with van der Waals surface area (Å²) in [7, 11) is -3.99. The number of halogens is 1. The van der Waals surface area contributed by atoms with Crippen LogP contribution >= 0.6 is 0 Å². The molecule has 4 rings (SSSR count). The van der Waals surface area contributed by atoms with Crippen LogP contribution in [-0.2, 0) is 27.8 Å². The van der Waals surface area contributed by atoms with Gasteiger partial charge in [0, 0.05) is 24.6 Å². The molecule has 0 unspecified atom stereocenters. The van der Waals surface area contributed by atoms with E-state index in [9.17, 15) is 17.6 Å². The first-order valence-corrected chi connectivity index (χ1v) is 13.2. The second kappa shape index (κ2) is 11.4. The Bertz CT molecular complexity index is 1440. The fourth-order valence-electron chi connectivity index (χ4n) is 3.58. The van der Waals surface area contributed by atoms with Crippen molar-refractivity contribution < 1.29 is 22.1 Å². The van der Waals surface area contributed by atoms with E-state index in [4.69, 9.17) is 4.52 Å². The summed E-state index contributed by atoms with van der Waals surface area (Å²) in [6, 6.07) is 20.5. The highest BCUT2D eigenvalue weighted by atomic mass is 32.2. The minimum atomic E-state index is -3.99. The molecule has 0 spiro atoms. The van der Waals surface area contributed by atoms with Gasteiger partial charge in [-0.05, 0) is 47.5 Å². The molecule has 3 aromatic carbocycles. The van der Waals surface area contributed by atoms with Crippen molar-refractivity contribution in [2.24, 2.45) is 0 Å². The van der Waals surface area contributed by atoms with Gasteiger partial charge in [0.05, 0.1) is 11.4 Å². The van der Waals surface area contributed by atoms with Gasteiger partial charge in [-0.25, -0.2) is 12.8 Å². The van der Waals surface area contributed by atoms with Crippen LogP contribution in [0, 0.1) is 5.82 Å². The molecule has 0 fully saturated rings. The standard InChI is InChI=1S/C27H27FN4O4S/c1-19(2)27-30-25(31-36-27)16-20-10-14-23(15-11-20)29-26(33)18-32(17-21-8-12-22(28)13-9-21)37(34,35)24-6-4-3-5-7-24/h3-15,19H,16-18H2,1-2H3,(H,29,33). The third kappa shape index (κ3) is 6.87. The van der Waals surface area contributed by atoms with Gasteiger partial charge in [-0.3, -0.25) is 4.79 Å². The van der Waals surface area contributed by atoms with E-state index in [0.717, 1.165) is 9.87 Å². The van der Waals surface area contributed by atoms with Gasteiger partial charge >= 0.3 is 0 Å². The van der Waals surface area contributed by atoms with Crippen molar-refractivity contribution >= 4 is 21.6 Å². The fraction of sp³-hybridized carbons (Fsp3) is 0.222. The number of rotatable bonds is 10. The number of amides is 1. The topological polar surface area (TPSA) is 105 Å².